The van der Waals surface area contributed by atoms with Crippen molar-refractivity contribution in [3.8, 4) is 11.5 Å². The summed E-state index contributed by atoms with van der Waals surface area (Å²) in [7, 11) is 3.39. The number of carbonyl (C=O) groups excluding carboxylic acids is 2. The zero-order valence-corrected chi connectivity index (χ0v) is 29.4. The molecule has 2 aliphatic rings. The van der Waals surface area contributed by atoms with Crippen molar-refractivity contribution >= 4 is 17.5 Å². The summed E-state index contributed by atoms with van der Waals surface area (Å²) in [6.07, 6.45) is 2.53. The Balaban J connectivity index is 1.63. The monoisotopic (exact) mass is 652 g/mol. The molecule has 260 valence electrons. The van der Waals surface area contributed by atoms with Gasteiger partial charge in [-0.2, -0.15) is 0 Å². The third-order valence-electron chi connectivity index (χ3n) is 9.15. The van der Waals surface area contributed by atoms with Crippen LogP contribution in [0.15, 0.2) is 42.5 Å². The molecule has 0 saturated carbocycles. The van der Waals surface area contributed by atoms with Crippen LogP contribution in [0.25, 0.3) is 0 Å². The van der Waals surface area contributed by atoms with Crippen molar-refractivity contribution in [3.05, 3.63) is 53.6 Å². The summed E-state index contributed by atoms with van der Waals surface area (Å²) in [4.78, 5) is 30.4. The van der Waals surface area contributed by atoms with E-state index in [1.807, 2.05) is 36.9 Å². The number of hydrogen-bond acceptors (Lipinski definition) is 8. The number of anilines is 1. The Morgan fingerprint density at radius 3 is 2.53 bits per heavy atom. The Hall–Kier alpha value is -3.34. The molecule has 4 atom stereocenters. The van der Waals surface area contributed by atoms with Crippen LogP contribution in [0, 0.1) is 5.92 Å². The first-order chi connectivity index (χ1) is 22.4. The molecule has 10 heteroatoms. The minimum absolute atomic E-state index is 0.0101. The van der Waals surface area contributed by atoms with Crippen LogP contribution in [-0.4, -0.2) is 87.5 Å². The quantitative estimate of drug-likeness (QED) is 0.262. The lowest BCUT2D eigenvalue weighted by atomic mass is 9.79. The lowest BCUT2D eigenvalue weighted by Gasteiger charge is -2.47. The lowest BCUT2D eigenvalue weighted by molar-refractivity contribution is -0.143. The van der Waals surface area contributed by atoms with Gasteiger partial charge in [0.05, 0.1) is 38.1 Å². The van der Waals surface area contributed by atoms with Crippen molar-refractivity contribution in [1.82, 2.24) is 10.2 Å². The van der Waals surface area contributed by atoms with E-state index in [1.165, 1.54) is 6.92 Å². The Kier molecular flexibility index (Phi) is 12.9. The van der Waals surface area contributed by atoms with Crippen molar-refractivity contribution in [1.29, 1.82) is 0 Å². The number of benzene rings is 2. The van der Waals surface area contributed by atoms with E-state index in [9.17, 15) is 9.59 Å². The number of rotatable bonds is 15. The molecule has 1 fully saturated rings. The molecule has 3 N–H and O–H groups in total. The topological polar surface area (TPSA) is 116 Å². The SMILES string of the molecule is COCCCN1CCOc2ccc(CO[C@H]3CN(C(=O)[C@@H](N)CC(C)C)[C@@H](CC(C)(C)NC(C)=O)C[C@@H]3c3ccc(OC)cc3)cc21. The van der Waals surface area contributed by atoms with Crippen molar-refractivity contribution in [2.24, 2.45) is 11.7 Å². The first kappa shape index (κ1) is 36.5. The number of carbonyl (C=O) groups is 2. The summed E-state index contributed by atoms with van der Waals surface area (Å²) in [5, 5.41) is 3.08. The van der Waals surface area contributed by atoms with E-state index < -0.39 is 11.6 Å². The molecule has 1 saturated heterocycles. The van der Waals surface area contributed by atoms with Gasteiger partial charge >= 0.3 is 0 Å². The highest BCUT2D eigenvalue weighted by molar-refractivity contribution is 5.82. The number of fused-ring (bicyclic) bond motifs is 1. The maximum absolute atomic E-state index is 14.0. The number of likely N-dealkylation sites (tertiary alicyclic amines) is 1. The third-order valence-corrected chi connectivity index (χ3v) is 9.15. The molecule has 0 bridgehead atoms. The van der Waals surface area contributed by atoms with Gasteiger partial charge in [0.15, 0.2) is 0 Å². The number of nitrogens with two attached hydrogens (primary N) is 1. The lowest BCUT2D eigenvalue weighted by Crippen LogP contribution is -2.59. The van der Waals surface area contributed by atoms with Crippen molar-refractivity contribution in [2.75, 3.05) is 52.0 Å². The van der Waals surface area contributed by atoms with Gasteiger partial charge in [-0.25, -0.2) is 0 Å². The molecule has 4 rings (SSSR count). The number of ether oxygens (including phenoxy) is 4. The maximum Gasteiger partial charge on any atom is 0.239 e. The van der Waals surface area contributed by atoms with Gasteiger partial charge in [-0.05, 0) is 80.8 Å². The molecule has 2 aliphatic heterocycles. The van der Waals surface area contributed by atoms with Gasteiger partial charge in [0.1, 0.15) is 18.1 Å². The molecule has 0 unspecified atom stereocenters. The van der Waals surface area contributed by atoms with Gasteiger partial charge in [0, 0.05) is 51.2 Å². The van der Waals surface area contributed by atoms with Crippen molar-refractivity contribution < 1.29 is 28.5 Å². The number of piperidine rings is 1. The van der Waals surface area contributed by atoms with Crippen LogP contribution < -0.4 is 25.4 Å². The summed E-state index contributed by atoms with van der Waals surface area (Å²) in [5.74, 6) is 1.80. The van der Waals surface area contributed by atoms with E-state index >= 15 is 0 Å². The molecule has 10 nitrogen and oxygen atoms in total. The van der Waals surface area contributed by atoms with Crippen LogP contribution in [0.3, 0.4) is 0 Å². The van der Waals surface area contributed by atoms with Gasteiger partial charge < -0.3 is 39.8 Å². The Morgan fingerprint density at radius 1 is 1.13 bits per heavy atom. The molecular formula is C37H56N4O6. The number of amides is 2. The molecule has 2 amide bonds. The van der Waals surface area contributed by atoms with Gasteiger partial charge in [-0.15, -0.1) is 0 Å². The summed E-state index contributed by atoms with van der Waals surface area (Å²) >= 11 is 0. The fourth-order valence-corrected chi connectivity index (χ4v) is 7.06. The highest BCUT2D eigenvalue weighted by Crippen LogP contribution is 2.39. The molecule has 0 radical (unpaired) electrons. The zero-order chi connectivity index (χ0) is 34.1. The summed E-state index contributed by atoms with van der Waals surface area (Å²) < 4.78 is 23.5. The van der Waals surface area contributed by atoms with Crippen LogP contribution in [-0.2, 0) is 25.7 Å². The number of hydrogen-bond donors (Lipinski definition) is 2. The van der Waals surface area contributed by atoms with Gasteiger partial charge in [0.25, 0.3) is 0 Å². The van der Waals surface area contributed by atoms with Crippen LogP contribution in [0.4, 0.5) is 5.69 Å². The Morgan fingerprint density at radius 2 is 1.87 bits per heavy atom. The predicted octanol–water partition coefficient (Wildman–Crippen LogP) is 4.88. The van der Waals surface area contributed by atoms with Gasteiger partial charge in [-0.1, -0.05) is 32.0 Å². The highest BCUT2D eigenvalue weighted by atomic mass is 16.5. The Bertz CT molecular complexity index is 1320. The molecule has 0 spiro atoms. The van der Waals surface area contributed by atoms with Crippen molar-refractivity contribution in [3.63, 3.8) is 0 Å². The molecule has 0 aromatic heterocycles. The summed E-state index contributed by atoms with van der Waals surface area (Å²) in [6.45, 7) is 13.6. The Labute approximate surface area is 281 Å². The predicted molar refractivity (Wildman–Crippen MR) is 185 cm³/mol. The van der Waals surface area contributed by atoms with Crippen LogP contribution in [0.2, 0.25) is 0 Å². The average molecular weight is 653 g/mol. The van der Waals surface area contributed by atoms with Crippen molar-refractivity contribution in [2.45, 2.75) is 96.6 Å². The van der Waals surface area contributed by atoms with E-state index in [2.05, 4.69) is 48.3 Å². The second kappa shape index (κ2) is 16.7. The van der Waals surface area contributed by atoms with Crippen LogP contribution in [0.1, 0.15) is 77.3 Å². The number of nitrogens with zero attached hydrogens (tertiary/aromatic N) is 2. The third kappa shape index (κ3) is 10.1. The number of nitrogens with one attached hydrogen (secondary N) is 1. The minimum Gasteiger partial charge on any atom is -0.497 e. The first-order valence-electron chi connectivity index (χ1n) is 17.0. The smallest absolute Gasteiger partial charge is 0.239 e. The van der Waals surface area contributed by atoms with Crippen LogP contribution in [0.5, 0.6) is 11.5 Å². The maximum atomic E-state index is 14.0. The highest BCUT2D eigenvalue weighted by Gasteiger charge is 2.42. The van der Waals surface area contributed by atoms with E-state index in [1.54, 1.807) is 14.2 Å². The van der Waals surface area contributed by atoms with Crippen LogP contribution >= 0.6 is 0 Å². The average Bonchev–Trinajstić information content (AvgIpc) is 3.02. The molecule has 47 heavy (non-hydrogen) atoms. The molecule has 2 aromatic carbocycles. The summed E-state index contributed by atoms with van der Waals surface area (Å²) in [6, 6.07) is 13.6. The van der Waals surface area contributed by atoms with E-state index in [-0.39, 0.29) is 35.8 Å². The minimum atomic E-state index is -0.607. The number of methoxy groups -OCH3 is 2. The van der Waals surface area contributed by atoms with E-state index in [4.69, 9.17) is 24.7 Å². The fourth-order valence-electron chi connectivity index (χ4n) is 7.06. The fraction of sp³-hybridized carbons (Fsp3) is 0.622. The van der Waals surface area contributed by atoms with E-state index in [0.717, 1.165) is 47.8 Å². The zero-order valence-electron chi connectivity index (χ0n) is 29.4. The molecule has 0 aliphatic carbocycles. The summed E-state index contributed by atoms with van der Waals surface area (Å²) in [5.41, 5.74) is 9.25. The van der Waals surface area contributed by atoms with Gasteiger partial charge in [0.2, 0.25) is 11.8 Å². The first-order valence-corrected chi connectivity index (χ1v) is 17.0. The van der Waals surface area contributed by atoms with E-state index in [0.29, 0.717) is 45.6 Å². The normalized spacial score (nSPS) is 20.4. The standard InChI is InChI=1S/C37H56N4O6/c1-25(2)19-32(38)36(43)41-23-35(47-24-27-9-14-34-33(20-27)40(16-18-46-34)15-8-17-44-6)31(28-10-12-30(45-7)13-11-28)21-29(41)22-37(4,5)39-26(3)42/h9-14,20,25,29,31-32,35H,8,15-19,21-24,38H2,1-7H3,(H,39,42)/t29-,31-,32+,35+/m1/s1. The second-order valence-corrected chi connectivity index (χ2v) is 14.1. The largest absolute Gasteiger partial charge is 0.497 e. The molecule has 2 heterocycles. The molecule has 2 aromatic rings. The second-order valence-electron chi connectivity index (χ2n) is 14.1. The van der Waals surface area contributed by atoms with Gasteiger partial charge in [-0.3, -0.25) is 9.59 Å². The molecular weight excluding hydrogens is 596 g/mol.